The molecule has 9 heteroatoms. The molecular weight excluding hydrogens is 313 g/mol. The lowest BCUT2D eigenvalue weighted by molar-refractivity contribution is -0.154. The van der Waals surface area contributed by atoms with E-state index < -0.39 is 12.8 Å². The molecule has 0 spiro atoms. The second kappa shape index (κ2) is 7.21. The van der Waals surface area contributed by atoms with Gasteiger partial charge in [0.25, 0.3) is 0 Å². The van der Waals surface area contributed by atoms with Crippen LogP contribution in [0, 0.1) is 5.92 Å². The average Bonchev–Trinajstić information content (AvgIpc) is 2.51. The lowest BCUT2D eigenvalue weighted by atomic mass is 10.2. The summed E-state index contributed by atoms with van der Waals surface area (Å²) in [7, 11) is 0. The van der Waals surface area contributed by atoms with Gasteiger partial charge in [0.05, 0.1) is 31.4 Å². The van der Waals surface area contributed by atoms with E-state index in [0.29, 0.717) is 29.8 Å². The highest BCUT2D eigenvalue weighted by Gasteiger charge is 2.28. The fourth-order valence-electron chi connectivity index (χ4n) is 1.45. The van der Waals surface area contributed by atoms with Crippen LogP contribution in [0.4, 0.5) is 13.2 Å². The van der Waals surface area contributed by atoms with Gasteiger partial charge in [-0.05, 0) is 5.92 Å². The molecule has 0 aromatic carbocycles. The molecule has 0 atom stereocenters. The van der Waals surface area contributed by atoms with E-state index >= 15 is 0 Å². The molecule has 0 radical (unpaired) electrons. The first-order valence-corrected chi connectivity index (χ1v) is 6.80. The van der Waals surface area contributed by atoms with Crippen molar-refractivity contribution in [3.8, 4) is 23.1 Å². The maximum absolute atomic E-state index is 12.0. The minimum Gasteiger partial charge on any atom is -0.476 e. The first kappa shape index (κ1) is 16.9. The van der Waals surface area contributed by atoms with Crippen molar-refractivity contribution >= 4 is 0 Å². The lowest BCUT2D eigenvalue weighted by Crippen LogP contribution is -2.19. The van der Waals surface area contributed by atoms with E-state index in [1.54, 1.807) is 0 Å². The van der Waals surface area contributed by atoms with Gasteiger partial charge < -0.3 is 9.47 Å². The Balaban J connectivity index is 1.99. The smallest absolute Gasteiger partial charge is 0.422 e. The van der Waals surface area contributed by atoms with Crippen LogP contribution in [0.1, 0.15) is 13.8 Å². The second-order valence-corrected chi connectivity index (χ2v) is 5.09. The summed E-state index contributed by atoms with van der Waals surface area (Å²) in [4.78, 5) is 15.9. The van der Waals surface area contributed by atoms with Crippen molar-refractivity contribution in [2.24, 2.45) is 5.92 Å². The molecule has 2 rings (SSSR count). The highest BCUT2D eigenvalue weighted by molar-refractivity contribution is 5.51. The largest absolute Gasteiger partial charge is 0.476 e. The third-order valence-corrected chi connectivity index (χ3v) is 2.47. The van der Waals surface area contributed by atoms with Crippen LogP contribution in [0.3, 0.4) is 0 Å². The average molecular weight is 328 g/mol. The van der Waals surface area contributed by atoms with Gasteiger partial charge in [-0.2, -0.15) is 13.2 Å². The summed E-state index contributed by atoms with van der Waals surface area (Å²) in [6.45, 7) is 3.14. The van der Waals surface area contributed by atoms with Crippen molar-refractivity contribution in [2.75, 3.05) is 13.2 Å². The van der Waals surface area contributed by atoms with E-state index in [9.17, 15) is 13.2 Å². The molecule has 2 heterocycles. The first-order valence-electron chi connectivity index (χ1n) is 6.80. The predicted molar refractivity (Wildman–Crippen MR) is 74.9 cm³/mol. The Bertz CT molecular complexity index is 615. The van der Waals surface area contributed by atoms with Crippen molar-refractivity contribution in [1.29, 1.82) is 0 Å². The molecular formula is C14H15F3N4O2. The highest BCUT2D eigenvalue weighted by Crippen LogP contribution is 2.19. The minimum absolute atomic E-state index is 0.212. The van der Waals surface area contributed by atoms with Crippen molar-refractivity contribution in [2.45, 2.75) is 20.0 Å². The monoisotopic (exact) mass is 328 g/mol. The number of alkyl halides is 3. The molecule has 0 saturated carbocycles. The Morgan fingerprint density at radius 1 is 0.870 bits per heavy atom. The van der Waals surface area contributed by atoms with Gasteiger partial charge in [0, 0.05) is 0 Å². The lowest BCUT2D eigenvalue weighted by Gasteiger charge is -2.08. The summed E-state index contributed by atoms with van der Waals surface area (Å²) in [5.74, 6) is 0.544. The van der Waals surface area contributed by atoms with Gasteiger partial charge >= 0.3 is 6.18 Å². The molecule has 0 amide bonds. The minimum atomic E-state index is -4.42. The molecule has 124 valence electrons. The van der Waals surface area contributed by atoms with E-state index in [1.807, 2.05) is 13.8 Å². The van der Waals surface area contributed by atoms with Crippen molar-refractivity contribution in [3.63, 3.8) is 0 Å². The molecule has 0 saturated heterocycles. The van der Waals surface area contributed by atoms with Crippen LogP contribution in [0.25, 0.3) is 11.4 Å². The number of halogens is 3. The Labute approximate surface area is 130 Å². The predicted octanol–water partition coefficient (Wildman–Crippen LogP) is 2.91. The van der Waals surface area contributed by atoms with Gasteiger partial charge in [0.1, 0.15) is 11.4 Å². The molecule has 0 aliphatic rings. The summed E-state index contributed by atoms with van der Waals surface area (Å²) in [5.41, 5.74) is 0.795. The zero-order valence-corrected chi connectivity index (χ0v) is 12.5. The molecule has 0 fully saturated rings. The van der Waals surface area contributed by atoms with Gasteiger partial charge in [0.15, 0.2) is 6.61 Å². The van der Waals surface area contributed by atoms with E-state index in [2.05, 4.69) is 24.7 Å². The van der Waals surface area contributed by atoms with Crippen LogP contribution in [-0.4, -0.2) is 39.3 Å². The number of ether oxygens (including phenoxy) is 2. The van der Waals surface area contributed by atoms with Crippen LogP contribution >= 0.6 is 0 Å². The van der Waals surface area contributed by atoms with Gasteiger partial charge in [-0.25, -0.2) is 19.9 Å². The van der Waals surface area contributed by atoms with Crippen molar-refractivity contribution in [3.05, 3.63) is 24.8 Å². The third-order valence-electron chi connectivity index (χ3n) is 2.47. The van der Waals surface area contributed by atoms with Crippen LogP contribution in [0.2, 0.25) is 0 Å². The summed E-state index contributed by atoms with van der Waals surface area (Å²) < 4.78 is 46.0. The number of hydrogen-bond acceptors (Lipinski definition) is 6. The van der Waals surface area contributed by atoms with Crippen LogP contribution < -0.4 is 9.47 Å². The quantitative estimate of drug-likeness (QED) is 0.812. The number of hydrogen-bond donors (Lipinski definition) is 0. The number of rotatable bonds is 6. The summed E-state index contributed by atoms with van der Waals surface area (Å²) in [6, 6.07) is 0. The molecule has 6 nitrogen and oxygen atoms in total. The highest BCUT2D eigenvalue weighted by atomic mass is 19.4. The maximum atomic E-state index is 12.0. The topological polar surface area (TPSA) is 70.0 Å². The molecule has 0 unspecified atom stereocenters. The van der Waals surface area contributed by atoms with Crippen molar-refractivity contribution in [1.82, 2.24) is 19.9 Å². The van der Waals surface area contributed by atoms with E-state index in [4.69, 9.17) is 4.74 Å². The van der Waals surface area contributed by atoms with Gasteiger partial charge in [-0.1, -0.05) is 13.8 Å². The first-order chi connectivity index (χ1) is 10.8. The zero-order chi connectivity index (χ0) is 16.9. The zero-order valence-electron chi connectivity index (χ0n) is 12.5. The van der Waals surface area contributed by atoms with Gasteiger partial charge in [-0.3, -0.25) is 0 Å². The van der Waals surface area contributed by atoms with E-state index in [0.717, 1.165) is 6.20 Å². The Morgan fingerprint density at radius 2 is 1.39 bits per heavy atom. The van der Waals surface area contributed by atoms with Crippen LogP contribution in [0.15, 0.2) is 24.8 Å². The van der Waals surface area contributed by atoms with Crippen LogP contribution in [-0.2, 0) is 0 Å². The molecule has 2 aromatic heterocycles. The van der Waals surface area contributed by atoms with Gasteiger partial charge in [0.2, 0.25) is 11.8 Å². The Kier molecular flexibility index (Phi) is 5.30. The normalized spacial score (nSPS) is 11.6. The molecule has 0 aliphatic heterocycles. The Hall–Kier alpha value is -2.45. The maximum Gasteiger partial charge on any atom is 0.422 e. The second-order valence-electron chi connectivity index (χ2n) is 5.09. The van der Waals surface area contributed by atoms with Crippen molar-refractivity contribution < 1.29 is 22.6 Å². The molecule has 0 bridgehead atoms. The van der Waals surface area contributed by atoms with E-state index in [-0.39, 0.29) is 5.88 Å². The number of nitrogens with zero attached hydrogens (tertiary/aromatic N) is 4. The number of aromatic nitrogens is 4. The molecule has 0 aliphatic carbocycles. The molecule has 23 heavy (non-hydrogen) atoms. The molecule has 0 N–H and O–H groups in total. The van der Waals surface area contributed by atoms with Crippen LogP contribution in [0.5, 0.6) is 11.8 Å². The molecule has 2 aromatic rings. The summed E-state index contributed by atoms with van der Waals surface area (Å²) in [5, 5.41) is 0. The van der Waals surface area contributed by atoms with E-state index in [1.165, 1.54) is 18.6 Å². The summed E-state index contributed by atoms with van der Waals surface area (Å²) >= 11 is 0. The fourth-order valence-corrected chi connectivity index (χ4v) is 1.45. The summed E-state index contributed by atoms with van der Waals surface area (Å²) in [6.07, 6.45) is 0.858. The Morgan fingerprint density at radius 3 is 1.78 bits per heavy atom. The third kappa shape index (κ3) is 5.68. The standard InChI is InChI=1S/C14H15F3N4O2/c1-9(2)7-22-12-5-18-10(3-20-12)11-4-21-13(6-19-11)23-8-14(15,16)17/h3-6,9H,7-8H2,1-2H3. The van der Waals surface area contributed by atoms with Gasteiger partial charge in [-0.15, -0.1) is 0 Å². The fraction of sp³-hybridized carbons (Fsp3) is 0.429. The SMILES string of the molecule is CC(C)COc1cnc(-c2cnc(OCC(F)(F)F)cn2)cn1.